The number of nitrogens with zero attached hydrogens (tertiary/aromatic N) is 4. The van der Waals surface area contributed by atoms with Crippen LogP contribution in [0.1, 0.15) is 66.1 Å². The summed E-state index contributed by atoms with van der Waals surface area (Å²) in [6, 6.07) is 2.72. The molecule has 0 atom stereocenters. The van der Waals surface area contributed by atoms with Crippen molar-refractivity contribution in [3.63, 3.8) is 0 Å². The molecule has 4 rings (SSSR count). The second-order valence-corrected chi connectivity index (χ2v) is 8.68. The fraction of sp³-hybridized carbons (Fsp3) is 0.478. The summed E-state index contributed by atoms with van der Waals surface area (Å²) < 4.78 is 67.1. The number of rotatable bonds is 5. The number of hydrogen-bond donors (Lipinski definition) is 1. The van der Waals surface area contributed by atoms with Gasteiger partial charge in [0.25, 0.3) is 5.91 Å². The van der Waals surface area contributed by atoms with E-state index in [1.165, 1.54) is 0 Å². The minimum Gasteiger partial charge on any atom is -0.392 e. The second kappa shape index (κ2) is 10.1. The van der Waals surface area contributed by atoms with E-state index in [9.17, 15) is 26.7 Å². The Labute approximate surface area is 198 Å². The van der Waals surface area contributed by atoms with Crippen molar-refractivity contribution < 1.29 is 31.6 Å². The molecule has 0 spiro atoms. The monoisotopic (exact) mass is 497 g/mol. The topological polar surface area (TPSA) is 93.7 Å². The first kappa shape index (κ1) is 24.8. The number of primary amides is 1. The van der Waals surface area contributed by atoms with Crippen LogP contribution in [0.4, 0.5) is 27.9 Å². The lowest BCUT2D eigenvalue weighted by atomic mass is 9.82. The highest BCUT2D eigenvalue weighted by molar-refractivity contribution is 5.93. The summed E-state index contributed by atoms with van der Waals surface area (Å²) in [7, 11) is 0. The quantitative estimate of drug-likeness (QED) is 0.483. The highest BCUT2D eigenvalue weighted by Gasteiger charge is 2.34. The van der Waals surface area contributed by atoms with Gasteiger partial charge < -0.3 is 15.5 Å². The summed E-state index contributed by atoms with van der Waals surface area (Å²) in [6.07, 6.45) is -0.287. The van der Waals surface area contributed by atoms with Gasteiger partial charge in [-0.2, -0.15) is 13.2 Å². The van der Waals surface area contributed by atoms with E-state index in [2.05, 4.69) is 15.1 Å². The molecule has 7 nitrogen and oxygen atoms in total. The van der Waals surface area contributed by atoms with E-state index < -0.39 is 35.0 Å². The lowest BCUT2D eigenvalue weighted by molar-refractivity contribution is -0.141. The van der Waals surface area contributed by atoms with Crippen LogP contribution < -0.4 is 10.6 Å². The Kier molecular flexibility index (Phi) is 7.18. The number of aromatic nitrogens is 2. The van der Waals surface area contributed by atoms with Gasteiger partial charge in [0.1, 0.15) is 23.4 Å². The highest BCUT2D eigenvalue weighted by atomic mass is 19.4. The Morgan fingerprint density at radius 2 is 1.77 bits per heavy atom. The van der Waals surface area contributed by atoms with Crippen LogP contribution in [0, 0.1) is 11.6 Å². The van der Waals surface area contributed by atoms with E-state index in [1.807, 2.05) is 0 Å². The van der Waals surface area contributed by atoms with Gasteiger partial charge in [0.15, 0.2) is 0 Å². The van der Waals surface area contributed by atoms with Crippen molar-refractivity contribution in [2.24, 2.45) is 10.9 Å². The van der Waals surface area contributed by atoms with Crippen LogP contribution >= 0.6 is 0 Å². The van der Waals surface area contributed by atoms with Gasteiger partial charge in [-0.3, -0.25) is 4.79 Å². The smallest absolute Gasteiger partial charge is 0.392 e. The van der Waals surface area contributed by atoms with E-state index in [0.29, 0.717) is 51.6 Å². The molecule has 0 bridgehead atoms. The van der Waals surface area contributed by atoms with Gasteiger partial charge in [0, 0.05) is 32.1 Å². The first-order valence-corrected chi connectivity index (χ1v) is 11.3. The SMILES string of the molecule is NC(=O)c1cc(F)c(C2CCC(=NOC3CCN(c4nccc(C(F)(F)F)n4)CC3)CC2)cc1F. The molecule has 2 heterocycles. The molecule has 1 saturated carbocycles. The summed E-state index contributed by atoms with van der Waals surface area (Å²) >= 11 is 0. The maximum atomic E-state index is 14.4. The number of halogens is 5. The molecule has 1 saturated heterocycles. The van der Waals surface area contributed by atoms with Crippen LogP contribution in [-0.2, 0) is 11.0 Å². The van der Waals surface area contributed by atoms with Gasteiger partial charge in [-0.05, 0) is 55.4 Å². The third-order valence-electron chi connectivity index (χ3n) is 6.34. The number of amides is 1. The first-order chi connectivity index (χ1) is 16.6. The number of carbonyl (C=O) groups excluding carboxylic acids is 1. The molecule has 1 aromatic heterocycles. The number of nitrogens with two attached hydrogens (primary N) is 1. The van der Waals surface area contributed by atoms with Crippen LogP contribution in [0.3, 0.4) is 0 Å². The largest absolute Gasteiger partial charge is 0.433 e. The van der Waals surface area contributed by atoms with Crippen molar-refractivity contribution in [1.29, 1.82) is 0 Å². The minimum absolute atomic E-state index is 0.0374. The highest BCUT2D eigenvalue weighted by Crippen LogP contribution is 2.34. The standard InChI is InChI=1S/C23H24F5N5O2/c24-18-12-17(21(29)34)19(25)11-16(18)13-1-3-14(4-2-13)32-35-15-6-9-33(10-7-15)22-30-8-5-20(31-22)23(26,27)28/h5,8,11-13,15H,1-4,6-7,9-10H2,(H2,29,34). The molecule has 2 aromatic rings. The lowest BCUT2D eigenvalue weighted by Gasteiger charge is -2.31. The van der Waals surface area contributed by atoms with Gasteiger partial charge in [-0.15, -0.1) is 0 Å². The third kappa shape index (κ3) is 5.85. The molecule has 0 unspecified atom stereocenters. The molecule has 2 aliphatic rings. The van der Waals surface area contributed by atoms with Crippen molar-refractivity contribution in [3.8, 4) is 0 Å². The Bertz CT molecular complexity index is 1110. The Hall–Kier alpha value is -3.31. The molecule has 0 radical (unpaired) electrons. The first-order valence-electron chi connectivity index (χ1n) is 11.3. The molecule has 1 aromatic carbocycles. The van der Waals surface area contributed by atoms with Crippen LogP contribution in [0.25, 0.3) is 0 Å². The number of carbonyl (C=O) groups is 1. The second-order valence-electron chi connectivity index (χ2n) is 8.68. The average molecular weight is 497 g/mol. The van der Waals surface area contributed by atoms with Crippen molar-refractivity contribution in [2.75, 3.05) is 18.0 Å². The summed E-state index contributed by atoms with van der Waals surface area (Å²) in [5.41, 5.74) is 4.65. The number of alkyl halides is 3. The molecule has 12 heteroatoms. The molecule has 1 amide bonds. The number of benzene rings is 1. The molecule has 2 fully saturated rings. The zero-order valence-electron chi connectivity index (χ0n) is 18.7. The van der Waals surface area contributed by atoms with Gasteiger partial charge in [-0.25, -0.2) is 18.7 Å². The fourth-order valence-corrected chi connectivity index (χ4v) is 4.39. The molecule has 35 heavy (non-hydrogen) atoms. The van der Waals surface area contributed by atoms with E-state index in [4.69, 9.17) is 10.6 Å². The van der Waals surface area contributed by atoms with Gasteiger partial charge in [-0.1, -0.05) is 5.16 Å². The minimum atomic E-state index is -4.53. The van der Waals surface area contributed by atoms with E-state index in [0.717, 1.165) is 30.1 Å². The summed E-state index contributed by atoms with van der Waals surface area (Å²) in [6.45, 7) is 0.871. The summed E-state index contributed by atoms with van der Waals surface area (Å²) in [5.74, 6) is -2.68. The van der Waals surface area contributed by atoms with Crippen LogP contribution in [0.5, 0.6) is 0 Å². The van der Waals surface area contributed by atoms with E-state index in [-0.39, 0.29) is 23.5 Å². The van der Waals surface area contributed by atoms with Crippen LogP contribution in [0.2, 0.25) is 0 Å². The molecule has 1 aliphatic heterocycles. The number of piperidine rings is 1. The Morgan fingerprint density at radius 1 is 1.09 bits per heavy atom. The van der Waals surface area contributed by atoms with Crippen LogP contribution in [0.15, 0.2) is 29.6 Å². The maximum absolute atomic E-state index is 14.4. The predicted octanol–water partition coefficient (Wildman–Crippen LogP) is 4.57. The van der Waals surface area contributed by atoms with Gasteiger partial charge >= 0.3 is 6.18 Å². The maximum Gasteiger partial charge on any atom is 0.433 e. The van der Waals surface area contributed by atoms with Gasteiger partial charge in [0.2, 0.25) is 5.95 Å². The fourth-order valence-electron chi connectivity index (χ4n) is 4.39. The van der Waals surface area contributed by atoms with Crippen molar-refractivity contribution >= 4 is 17.6 Å². The predicted molar refractivity (Wildman–Crippen MR) is 117 cm³/mol. The molecular weight excluding hydrogens is 473 g/mol. The normalized spacial score (nSPS) is 19.5. The molecule has 1 aliphatic carbocycles. The number of anilines is 1. The van der Waals surface area contributed by atoms with Gasteiger partial charge in [0.05, 0.1) is 11.3 Å². The van der Waals surface area contributed by atoms with E-state index in [1.54, 1.807) is 4.90 Å². The lowest BCUT2D eigenvalue weighted by Crippen LogP contribution is -2.38. The zero-order chi connectivity index (χ0) is 25.2. The number of oxime groups is 1. The average Bonchev–Trinajstić information content (AvgIpc) is 2.84. The Balaban J connectivity index is 1.28. The summed E-state index contributed by atoms with van der Waals surface area (Å²) in [5, 5.41) is 4.25. The molecular formula is C23H24F5N5O2. The third-order valence-corrected chi connectivity index (χ3v) is 6.34. The van der Waals surface area contributed by atoms with E-state index >= 15 is 0 Å². The van der Waals surface area contributed by atoms with Crippen molar-refractivity contribution in [2.45, 2.75) is 56.7 Å². The van der Waals surface area contributed by atoms with Crippen molar-refractivity contribution in [3.05, 3.63) is 52.9 Å². The van der Waals surface area contributed by atoms with Crippen molar-refractivity contribution in [1.82, 2.24) is 9.97 Å². The molecule has 2 N–H and O–H groups in total. The zero-order valence-corrected chi connectivity index (χ0v) is 18.7. The molecule has 188 valence electrons. The Morgan fingerprint density at radius 3 is 2.40 bits per heavy atom. The number of hydrogen-bond acceptors (Lipinski definition) is 6. The summed E-state index contributed by atoms with van der Waals surface area (Å²) in [4.78, 5) is 26.1. The van der Waals surface area contributed by atoms with Crippen LogP contribution in [-0.4, -0.2) is 40.8 Å².